The van der Waals surface area contributed by atoms with Crippen LogP contribution in [-0.2, 0) is 11.2 Å². The van der Waals surface area contributed by atoms with Crippen LogP contribution >= 0.6 is 11.6 Å². The molecule has 6 nitrogen and oxygen atoms in total. The van der Waals surface area contributed by atoms with Gasteiger partial charge in [-0.25, -0.2) is 4.98 Å². The van der Waals surface area contributed by atoms with E-state index in [0.717, 1.165) is 5.56 Å². The Morgan fingerprint density at radius 1 is 1.09 bits per heavy atom. The summed E-state index contributed by atoms with van der Waals surface area (Å²) in [5.74, 6) is 1.05. The molecule has 0 saturated carbocycles. The predicted molar refractivity (Wildman–Crippen MR) is 127 cm³/mol. The molecule has 0 aliphatic carbocycles. The van der Waals surface area contributed by atoms with Crippen molar-refractivity contribution >= 4 is 34.1 Å². The van der Waals surface area contributed by atoms with Gasteiger partial charge in [-0.3, -0.25) is 14.2 Å². The van der Waals surface area contributed by atoms with E-state index >= 15 is 0 Å². The lowest BCUT2D eigenvalue weighted by Crippen LogP contribution is -2.22. The summed E-state index contributed by atoms with van der Waals surface area (Å²) in [5, 5.41) is 3.96. The van der Waals surface area contributed by atoms with Crippen LogP contribution in [0, 0.1) is 13.8 Å². The highest BCUT2D eigenvalue weighted by molar-refractivity contribution is 6.31. The Hall–Kier alpha value is -3.64. The molecule has 0 atom stereocenters. The van der Waals surface area contributed by atoms with Gasteiger partial charge in [0.25, 0.3) is 5.56 Å². The van der Waals surface area contributed by atoms with Crippen molar-refractivity contribution in [2.24, 2.45) is 0 Å². The molecule has 0 spiro atoms. The highest BCUT2D eigenvalue weighted by atomic mass is 35.5. The van der Waals surface area contributed by atoms with E-state index in [1.807, 2.05) is 31.2 Å². The van der Waals surface area contributed by atoms with Gasteiger partial charge in [0.15, 0.2) is 0 Å². The number of ether oxygens (including phenoxy) is 1. The molecule has 0 bridgehead atoms. The van der Waals surface area contributed by atoms with Gasteiger partial charge in [0.2, 0.25) is 5.91 Å². The summed E-state index contributed by atoms with van der Waals surface area (Å²) in [6.07, 6.45) is 0.136. The van der Waals surface area contributed by atoms with Crippen molar-refractivity contribution in [2.45, 2.75) is 20.3 Å². The van der Waals surface area contributed by atoms with Crippen LogP contribution < -0.4 is 15.6 Å². The minimum absolute atomic E-state index is 0.126. The van der Waals surface area contributed by atoms with Gasteiger partial charge in [0.1, 0.15) is 11.6 Å². The summed E-state index contributed by atoms with van der Waals surface area (Å²) in [6.45, 7) is 3.69. The normalized spacial score (nSPS) is 10.9. The number of hydrogen-bond donors (Lipinski definition) is 1. The zero-order valence-corrected chi connectivity index (χ0v) is 18.7. The molecule has 32 heavy (non-hydrogen) atoms. The van der Waals surface area contributed by atoms with Gasteiger partial charge in [-0.05, 0) is 67.4 Å². The van der Waals surface area contributed by atoms with Crippen molar-refractivity contribution in [3.05, 3.63) is 93.0 Å². The fourth-order valence-electron chi connectivity index (χ4n) is 3.64. The lowest BCUT2D eigenvalue weighted by atomic mass is 10.1. The molecule has 0 aliphatic rings. The van der Waals surface area contributed by atoms with E-state index in [0.29, 0.717) is 44.4 Å². The average Bonchev–Trinajstić information content (AvgIpc) is 2.77. The number of anilines is 1. The average molecular weight is 448 g/mol. The number of para-hydroxylation sites is 1. The molecule has 1 N–H and O–H groups in total. The number of nitrogens with zero attached hydrogens (tertiary/aromatic N) is 2. The smallest absolute Gasteiger partial charge is 0.265 e. The zero-order chi connectivity index (χ0) is 22.8. The number of fused-ring (bicyclic) bond motifs is 1. The number of amides is 1. The van der Waals surface area contributed by atoms with E-state index in [1.165, 1.54) is 0 Å². The first-order valence-electron chi connectivity index (χ1n) is 10.1. The lowest BCUT2D eigenvalue weighted by molar-refractivity contribution is -0.115. The highest BCUT2D eigenvalue weighted by Gasteiger charge is 2.13. The molecule has 1 aromatic heterocycles. The van der Waals surface area contributed by atoms with Gasteiger partial charge in [-0.15, -0.1) is 0 Å². The van der Waals surface area contributed by atoms with Crippen LogP contribution in [0.3, 0.4) is 0 Å². The van der Waals surface area contributed by atoms with Crippen molar-refractivity contribution in [1.29, 1.82) is 0 Å². The number of carbonyl (C=O) groups is 1. The van der Waals surface area contributed by atoms with Gasteiger partial charge in [0, 0.05) is 10.7 Å². The van der Waals surface area contributed by atoms with E-state index in [2.05, 4.69) is 10.3 Å². The van der Waals surface area contributed by atoms with Crippen LogP contribution in [0.1, 0.15) is 17.0 Å². The Morgan fingerprint density at radius 2 is 1.88 bits per heavy atom. The van der Waals surface area contributed by atoms with E-state index in [1.54, 1.807) is 55.0 Å². The number of hydrogen-bond acceptors (Lipinski definition) is 4. The molecule has 162 valence electrons. The summed E-state index contributed by atoms with van der Waals surface area (Å²) in [4.78, 5) is 30.2. The van der Waals surface area contributed by atoms with Crippen molar-refractivity contribution in [3.63, 3.8) is 0 Å². The second kappa shape index (κ2) is 8.85. The zero-order valence-electron chi connectivity index (χ0n) is 18.0. The number of methoxy groups -OCH3 is 1. The number of aryl methyl sites for hydroxylation is 2. The Bertz CT molecular complexity index is 1400. The number of benzene rings is 3. The summed E-state index contributed by atoms with van der Waals surface area (Å²) < 4.78 is 6.72. The summed E-state index contributed by atoms with van der Waals surface area (Å²) >= 11 is 6.25. The second-order valence-corrected chi connectivity index (χ2v) is 7.91. The number of aromatic nitrogens is 2. The molecule has 0 aliphatic heterocycles. The maximum atomic E-state index is 13.0. The molecule has 3 aromatic carbocycles. The second-order valence-electron chi connectivity index (χ2n) is 7.50. The van der Waals surface area contributed by atoms with E-state index < -0.39 is 0 Å². The Morgan fingerprint density at radius 3 is 2.59 bits per heavy atom. The van der Waals surface area contributed by atoms with Crippen LogP contribution in [0.15, 0.2) is 65.5 Å². The van der Waals surface area contributed by atoms with Crippen molar-refractivity contribution < 1.29 is 9.53 Å². The van der Waals surface area contributed by atoms with Gasteiger partial charge >= 0.3 is 0 Å². The van der Waals surface area contributed by atoms with Crippen LogP contribution in [0.5, 0.6) is 5.75 Å². The monoisotopic (exact) mass is 447 g/mol. The van der Waals surface area contributed by atoms with E-state index in [9.17, 15) is 9.59 Å². The van der Waals surface area contributed by atoms with Gasteiger partial charge in [-0.2, -0.15) is 0 Å². The van der Waals surface area contributed by atoms with Gasteiger partial charge in [0.05, 0.1) is 30.1 Å². The van der Waals surface area contributed by atoms with E-state index in [-0.39, 0.29) is 17.9 Å². The topological polar surface area (TPSA) is 73.2 Å². The molecule has 0 radical (unpaired) electrons. The molecule has 4 aromatic rings. The molecule has 0 saturated heterocycles. The number of carbonyl (C=O) groups excluding carboxylic acids is 1. The Kier molecular flexibility index (Phi) is 5.97. The third-order valence-corrected chi connectivity index (χ3v) is 5.65. The predicted octanol–water partition coefficient (Wildman–Crippen LogP) is 4.85. The molecule has 4 rings (SSSR count). The minimum Gasteiger partial charge on any atom is -0.497 e. The maximum Gasteiger partial charge on any atom is 0.265 e. The third kappa shape index (κ3) is 4.22. The number of rotatable bonds is 5. The summed E-state index contributed by atoms with van der Waals surface area (Å²) in [7, 11) is 1.56. The summed E-state index contributed by atoms with van der Waals surface area (Å²) in [5.41, 5.74) is 3.45. The van der Waals surface area contributed by atoms with Crippen molar-refractivity contribution in [1.82, 2.24) is 9.55 Å². The first-order chi connectivity index (χ1) is 15.4. The maximum absolute atomic E-state index is 13.0. The fourth-order valence-corrected chi connectivity index (χ4v) is 3.88. The molecule has 7 heteroatoms. The number of nitrogens with one attached hydrogen (secondary N) is 1. The van der Waals surface area contributed by atoms with Crippen LogP contribution in [-0.4, -0.2) is 22.6 Å². The molecule has 1 amide bonds. The quantitative estimate of drug-likeness (QED) is 0.475. The fraction of sp³-hybridized carbons (Fsp3) is 0.160. The van der Waals surface area contributed by atoms with Gasteiger partial charge < -0.3 is 10.1 Å². The lowest BCUT2D eigenvalue weighted by Gasteiger charge is -2.14. The highest BCUT2D eigenvalue weighted by Crippen LogP contribution is 2.24. The summed E-state index contributed by atoms with van der Waals surface area (Å²) in [6, 6.07) is 18.0. The molecule has 0 fully saturated rings. The molecular formula is C25H22ClN3O3. The molecule has 0 unspecified atom stereocenters. The first-order valence-corrected chi connectivity index (χ1v) is 10.5. The van der Waals surface area contributed by atoms with E-state index in [4.69, 9.17) is 16.3 Å². The molecular weight excluding hydrogens is 426 g/mol. The van der Waals surface area contributed by atoms with Crippen molar-refractivity contribution in [2.75, 3.05) is 12.4 Å². The minimum atomic E-state index is -0.186. The standard InChI is InChI=1S/C25H22ClN3O3/c1-15-12-18(29-16(2)27-23-7-5-4-6-20(23)25(29)31)9-11-22(15)28-24(30)13-17-8-10-19(32-3)14-21(17)26/h4-12,14H,13H2,1-3H3,(H,28,30). The van der Waals surface area contributed by atoms with Crippen molar-refractivity contribution in [3.8, 4) is 11.4 Å². The third-order valence-electron chi connectivity index (χ3n) is 5.30. The molecule has 1 heterocycles. The first kappa shape index (κ1) is 21.6. The van der Waals surface area contributed by atoms with Crippen LogP contribution in [0.4, 0.5) is 5.69 Å². The number of halogens is 1. The van der Waals surface area contributed by atoms with Crippen LogP contribution in [0.2, 0.25) is 5.02 Å². The van der Waals surface area contributed by atoms with Crippen LogP contribution in [0.25, 0.3) is 16.6 Å². The Labute approximate surface area is 190 Å². The largest absolute Gasteiger partial charge is 0.497 e. The SMILES string of the molecule is COc1ccc(CC(=O)Nc2ccc(-n3c(C)nc4ccccc4c3=O)cc2C)c(Cl)c1. The van der Waals surface area contributed by atoms with Gasteiger partial charge in [-0.1, -0.05) is 29.8 Å². The Balaban J connectivity index is 1.59.